The van der Waals surface area contributed by atoms with Crippen molar-refractivity contribution in [2.45, 2.75) is 12.5 Å². The fourth-order valence-electron chi connectivity index (χ4n) is 1.68. The molecule has 0 saturated heterocycles. The molecule has 0 fully saturated rings. The first kappa shape index (κ1) is 15.6. The number of hydrogen-bond donors (Lipinski definition) is 0. The van der Waals surface area contributed by atoms with Gasteiger partial charge in [0.1, 0.15) is 6.61 Å². The molecule has 0 saturated carbocycles. The Morgan fingerprint density at radius 1 is 1.15 bits per heavy atom. The summed E-state index contributed by atoms with van der Waals surface area (Å²) in [6.07, 6.45) is 3.49. The molecular weight excluding hydrogens is 409 g/mol. The Hall–Kier alpha value is -0.780. The summed E-state index contributed by atoms with van der Waals surface area (Å²) in [7, 11) is 1.60. The Kier molecular flexibility index (Phi) is 5.69. The lowest BCUT2D eigenvalue weighted by Crippen LogP contribution is -2.00. The van der Waals surface area contributed by atoms with E-state index in [9.17, 15) is 0 Å². The second kappa shape index (κ2) is 7.29. The molecule has 0 spiro atoms. The molecule has 0 unspecified atom stereocenters. The van der Waals surface area contributed by atoms with Crippen molar-refractivity contribution in [3.8, 4) is 11.5 Å². The maximum atomic E-state index is 5.84. The van der Waals surface area contributed by atoms with Gasteiger partial charge in [-0.3, -0.25) is 4.98 Å². The number of rotatable bonds is 5. The number of aromatic nitrogens is 1. The molecule has 2 rings (SSSR count). The fraction of sp³-hybridized carbons (Fsp3) is 0.214. The van der Waals surface area contributed by atoms with Gasteiger partial charge >= 0.3 is 0 Å². The molecule has 1 heterocycles. The third-order valence-electron chi connectivity index (χ3n) is 2.59. The van der Waals surface area contributed by atoms with Gasteiger partial charge in [-0.05, 0) is 55.6 Å². The maximum absolute atomic E-state index is 5.84. The molecule has 1 aromatic carbocycles. The Labute approximate surface area is 139 Å². The van der Waals surface area contributed by atoms with Gasteiger partial charge in [0, 0.05) is 28.3 Å². The van der Waals surface area contributed by atoms with E-state index in [1.807, 2.05) is 18.2 Å². The van der Waals surface area contributed by atoms with Crippen LogP contribution in [0.3, 0.4) is 0 Å². The molecule has 6 heteroatoms. The number of benzene rings is 1. The first-order valence-corrected chi connectivity index (χ1v) is 7.90. The smallest absolute Gasteiger partial charge is 0.175 e. The maximum Gasteiger partial charge on any atom is 0.175 e. The molecule has 20 heavy (non-hydrogen) atoms. The van der Waals surface area contributed by atoms with Gasteiger partial charge in [0.05, 0.1) is 11.6 Å². The molecule has 2 aromatic rings. The van der Waals surface area contributed by atoms with Gasteiger partial charge in [-0.2, -0.15) is 0 Å². The van der Waals surface area contributed by atoms with Crippen molar-refractivity contribution in [1.29, 1.82) is 0 Å². The highest BCUT2D eigenvalue weighted by atomic mass is 79.9. The van der Waals surface area contributed by atoms with Crippen molar-refractivity contribution in [1.82, 2.24) is 4.98 Å². The van der Waals surface area contributed by atoms with Gasteiger partial charge in [0.2, 0.25) is 0 Å². The van der Waals surface area contributed by atoms with E-state index >= 15 is 0 Å². The summed E-state index contributed by atoms with van der Waals surface area (Å²) in [5, 5.41) is 0. The van der Waals surface area contributed by atoms with E-state index in [1.165, 1.54) is 0 Å². The van der Waals surface area contributed by atoms with Crippen LogP contribution >= 0.6 is 43.5 Å². The number of pyridine rings is 1. The SMILES string of the molecule is COc1cc(CCl)cc(Br)c1OCc1cncc(Br)c1. The van der Waals surface area contributed by atoms with Crippen LogP contribution in [0.25, 0.3) is 0 Å². The average molecular weight is 422 g/mol. The van der Waals surface area contributed by atoms with Crippen LogP contribution in [0.15, 0.2) is 39.5 Å². The standard InChI is InChI=1S/C14H12Br2ClNO2/c1-19-13-4-9(5-17)3-12(16)14(13)20-8-10-2-11(15)7-18-6-10/h2-4,6-7H,5,8H2,1H3. The molecule has 0 N–H and O–H groups in total. The zero-order chi connectivity index (χ0) is 14.5. The Bertz CT molecular complexity index is 608. The first-order valence-electron chi connectivity index (χ1n) is 5.78. The van der Waals surface area contributed by atoms with E-state index in [1.54, 1.807) is 19.5 Å². The minimum atomic E-state index is 0.404. The minimum Gasteiger partial charge on any atom is -0.493 e. The van der Waals surface area contributed by atoms with Crippen LogP contribution in [-0.2, 0) is 12.5 Å². The molecular formula is C14H12Br2ClNO2. The third kappa shape index (κ3) is 3.87. The van der Waals surface area contributed by atoms with Crippen LogP contribution in [0.2, 0.25) is 0 Å². The molecule has 0 aliphatic heterocycles. The molecule has 0 amide bonds. The number of hydrogen-bond acceptors (Lipinski definition) is 3. The van der Waals surface area contributed by atoms with Crippen LogP contribution in [0, 0.1) is 0 Å². The van der Waals surface area contributed by atoms with E-state index in [4.69, 9.17) is 21.1 Å². The summed E-state index contributed by atoms with van der Waals surface area (Å²) in [5.74, 6) is 1.73. The number of nitrogens with zero attached hydrogens (tertiary/aromatic N) is 1. The fourth-order valence-corrected chi connectivity index (χ4v) is 2.85. The molecule has 0 bridgehead atoms. The van der Waals surface area contributed by atoms with Gasteiger partial charge in [-0.1, -0.05) is 0 Å². The lowest BCUT2D eigenvalue weighted by molar-refractivity contribution is 0.282. The first-order chi connectivity index (χ1) is 9.63. The van der Waals surface area contributed by atoms with Gasteiger partial charge in [-0.15, -0.1) is 11.6 Å². The van der Waals surface area contributed by atoms with Crippen LogP contribution in [0.1, 0.15) is 11.1 Å². The summed E-state index contributed by atoms with van der Waals surface area (Å²) in [6, 6.07) is 5.75. The van der Waals surface area contributed by atoms with Crippen LogP contribution in [0.4, 0.5) is 0 Å². The number of halogens is 3. The van der Waals surface area contributed by atoms with Crippen molar-refractivity contribution in [2.24, 2.45) is 0 Å². The number of alkyl halides is 1. The third-order valence-corrected chi connectivity index (χ3v) is 3.92. The van der Waals surface area contributed by atoms with Crippen LogP contribution in [0.5, 0.6) is 11.5 Å². The van der Waals surface area contributed by atoms with Crippen molar-refractivity contribution < 1.29 is 9.47 Å². The Balaban J connectivity index is 2.20. The van der Waals surface area contributed by atoms with Crippen LogP contribution in [-0.4, -0.2) is 12.1 Å². The van der Waals surface area contributed by atoms with E-state index in [0.717, 1.165) is 20.1 Å². The van der Waals surface area contributed by atoms with Crippen molar-refractivity contribution in [3.63, 3.8) is 0 Å². The van der Waals surface area contributed by atoms with Crippen molar-refractivity contribution in [3.05, 3.63) is 50.7 Å². The average Bonchev–Trinajstić information content (AvgIpc) is 2.45. The highest BCUT2D eigenvalue weighted by Crippen LogP contribution is 2.37. The summed E-state index contributed by atoms with van der Waals surface area (Å²) >= 11 is 12.7. The normalized spacial score (nSPS) is 10.4. The van der Waals surface area contributed by atoms with Gasteiger partial charge in [0.15, 0.2) is 11.5 Å². The summed E-state index contributed by atoms with van der Waals surface area (Å²) in [6.45, 7) is 0.404. The lowest BCUT2D eigenvalue weighted by atomic mass is 10.2. The zero-order valence-corrected chi connectivity index (χ0v) is 14.6. The molecule has 3 nitrogen and oxygen atoms in total. The Morgan fingerprint density at radius 2 is 1.95 bits per heavy atom. The second-order valence-electron chi connectivity index (χ2n) is 4.04. The molecule has 0 aliphatic carbocycles. The highest BCUT2D eigenvalue weighted by Gasteiger charge is 2.11. The van der Waals surface area contributed by atoms with Crippen molar-refractivity contribution in [2.75, 3.05) is 7.11 Å². The largest absolute Gasteiger partial charge is 0.493 e. The van der Waals surface area contributed by atoms with E-state index in [-0.39, 0.29) is 0 Å². The van der Waals surface area contributed by atoms with Crippen LogP contribution < -0.4 is 9.47 Å². The highest BCUT2D eigenvalue weighted by molar-refractivity contribution is 9.10. The summed E-state index contributed by atoms with van der Waals surface area (Å²) in [4.78, 5) is 4.10. The Morgan fingerprint density at radius 3 is 2.60 bits per heavy atom. The van der Waals surface area contributed by atoms with Crippen molar-refractivity contribution >= 4 is 43.5 Å². The molecule has 0 radical (unpaired) electrons. The van der Waals surface area contributed by atoms with Gasteiger partial charge < -0.3 is 9.47 Å². The van der Waals surface area contributed by atoms with E-state index < -0.39 is 0 Å². The molecule has 106 valence electrons. The zero-order valence-electron chi connectivity index (χ0n) is 10.7. The van der Waals surface area contributed by atoms with Gasteiger partial charge in [0.25, 0.3) is 0 Å². The molecule has 1 aromatic heterocycles. The number of methoxy groups -OCH3 is 1. The number of ether oxygens (including phenoxy) is 2. The quantitative estimate of drug-likeness (QED) is 0.642. The predicted octanol–water partition coefficient (Wildman–Crippen LogP) is 4.93. The van der Waals surface area contributed by atoms with Gasteiger partial charge in [-0.25, -0.2) is 0 Å². The monoisotopic (exact) mass is 419 g/mol. The summed E-state index contributed by atoms with van der Waals surface area (Å²) < 4.78 is 12.9. The second-order valence-corrected chi connectivity index (χ2v) is 6.08. The van der Waals surface area contributed by atoms with E-state index in [2.05, 4.69) is 36.8 Å². The topological polar surface area (TPSA) is 31.4 Å². The minimum absolute atomic E-state index is 0.404. The van der Waals surface area contributed by atoms with E-state index in [0.29, 0.717) is 24.0 Å². The lowest BCUT2D eigenvalue weighted by Gasteiger charge is -2.14. The summed E-state index contributed by atoms with van der Waals surface area (Å²) in [5.41, 5.74) is 1.93. The molecule has 0 atom stereocenters. The predicted molar refractivity (Wildman–Crippen MR) is 86.5 cm³/mol. The molecule has 0 aliphatic rings.